The van der Waals surface area contributed by atoms with Gasteiger partial charge in [-0.25, -0.2) is 4.98 Å². The van der Waals surface area contributed by atoms with E-state index in [2.05, 4.69) is 15.3 Å². The van der Waals surface area contributed by atoms with Crippen LogP contribution in [0.15, 0.2) is 59.9 Å². The number of nitrogens with zero attached hydrogens (tertiary/aromatic N) is 2. The average Bonchev–Trinajstić information content (AvgIpc) is 3.30. The van der Waals surface area contributed by atoms with Crippen molar-refractivity contribution in [3.63, 3.8) is 0 Å². The molecule has 1 aliphatic rings. The number of carbonyl (C=O) groups is 2. The van der Waals surface area contributed by atoms with Gasteiger partial charge in [-0.15, -0.1) is 0 Å². The lowest BCUT2D eigenvalue weighted by molar-refractivity contribution is -0.123. The van der Waals surface area contributed by atoms with Gasteiger partial charge in [0.15, 0.2) is 0 Å². The topological polar surface area (TPSA) is 78.1 Å². The molecular weight excluding hydrogens is 392 g/mol. The Hall–Kier alpha value is -2.71. The molecule has 0 spiro atoms. The van der Waals surface area contributed by atoms with Gasteiger partial charge in [0.25, 0.3) is 5.91 Å². The second-order valence-electron chi connectivity index (χ2n) is 6.05. The zero-order valence-corrected chi connectivity index (χ0v) is 16.8. The van der Waals surface area contributed by atoms with Gasteiger partial charge >= 0.3 is 0 Å². The third-order valence-electron chi connectivity index (χ3n) is 4.04. The Balaban J connectivity index is 1.46. The first-order valence-corrected chi connectivity index (χ1v) is 10.1. The van der Waals surface area contributed by atoms with E-state index < -0.39 is 0 Å². The van der Waals surface area contributed by atoms with Crippen molar-refractivity contribution in [2.24, 2.45) is 0 Å². The number of H-pyrrole nitrogens is 1. The number of rotatable bonds is 8. The summed E-state index contributed by atoms with van der Waals surface area (Å²) in [7, 11) is 0. The van der Waals surface area contributed by atoms with Crippen LogP contribution in [0.5, 0.6) is 0 Å². The molecule has 2 aromatic rings. The largest absolute Gasteiger partial charge is 0.356 e. The Morgan fingerprint density at radius 3 is 2.89 bits per heavy atom. The number of aromatic amines is 1. The lowest BCUT2D eigenvalue weighted by Gasteiger charge is -2.14. The van der Waals surface area contributed by atoms with E-state index >= 15 is 0 Å². The van der Waals surface area contributed by atoms with Gasteiger partial charge in [0, 0.05) is 37.8 Å². The molecule has 6 nitrogen and oxygen atoms in total. The highest BCUT2D eigenvalue weighted by Crippen LogP contribution is 2.31. The van der Waals surface area contributed by atoms with E-state index in [-0.39, 0.29) is 24.8 Å². The van der Waals surface area contributed by atoms with Crippen LogP contribution in [0.4, 0.5) is 0 Å². The number of carbonyl (C=O) groups excluding carboxylic acids is 2. The van der Waals surface area contributed by atoms with Gasteiger partial charge in [-0.1, -0.05) is 66.5 Å². The zero-order chi connectivity index (χ0) is 19.8. The quantitative estimate of drug-likeness (QED) is 0.515. The highest BCUT2D eigenvalue weighted by molar-refractivity contribution is 8.26. The molecule has 3 rings (SSSR count). The van der Waals surface area contributed by atoms with E-state index in [1.165, 1.54) is 16.7 Å². The fourth-order valence-electron chi connectivity index (χ4n) is 2.58. The molecular formula is C20H20N4O2S2. The van der Waals surface area contributed by atoms with Gasteiger partial charge in [0.05, 0.1) is 11.2 Å². The lowest BCUT2D eigenvalue weighted by atomic mass is 10.2. The Bertz CT molecular complexity index is 892. The molecule has 2 N–H and O–H groups in total. The van der Waals surface area contributed by atoms with Crippen molar-refractivity contribution < 1.29 is 9.59 Å². The molecule has 0 radical (unpaired) electrons. The number of benzene rings is 1. The van der Waals surface area contributed by atoms with Crippen molar-refractivity contribution in [3.05, 3.63) is 71.2 Å². The minimum atomic E-state index is -0.155. The Morgan fingerprint density at radius 2 is 2.14 bits per heavy atom. The maximum absolute atomic E-state index is 12.5. The van der Waals surface area contributed by atoms with E-state index in [0.29, 0.717) is 22.2 Å². The van der Waals surface area contributed by atoms with Crippen LogP contribution >= 0.6 is 24.0 Å². The molecule has 0 saturated carbocycles. The van der Waals surface area contributed by atoms with E-state index in [9.17, 15) is 9.59 Å². The minimum absolute atomic E-state index is 0.110. The third kappa shape index (κ3) is 5.64. The van der Waals surface area contributed by atoms with Crippen molar-refractivity contribution >= 4 is 46.2 Å². The van der Waals surface area contributed by atoms with Crippen molar-refractivity contribution in [2.75, 3.05) is 13.1 Å². The number of imidazole rings is 1. The fourth-order valence-corrected chi connectivity index (χ4v) is 3.84. The van der Waals surface area contributed by atoms with Crippen molar-refractivity contribution in [1.29, 1.82) is 0 Å². The van der Waals surface area contributed by atoms with Crippen LogP contribution in [0.25, 0.3) is 6.08 Å². The Labute approximate surface area is 173 Å². The smallest absolute Gasteiger partial charge is 0.266 e. The van der Waals surface area contributed by atoms with Gasteiger partial charge in [-0.2, -0.15) is 0 Å². The van der Waals surface area contributed by atoms with Crippen LogP contribution in [-0.2, 0) is 16.0 Å². The van der Waals surface area contributed by atoms with Crippen LogP contribution in [0.2, 0.25) is 0 Å². The van der Waals surface area contributed by atoms with Crippen LogP contribution in [0.3, 0.4) is 0 Å². The molecule has 1 fully saturated rings. The number of amides is 2. The summed E-state index contributed by atoms with van der Waals surface area (Å²) in [6.07, 6.45) is 9.76. The molecule has 1 aromatic carbocycles. The number of aromatic nitrogens is 2. The number of allylic oxidation sites excluding steroid dienone is 2. The number of nitrogens with one attached hydrogen (secondary N) is 2. The minimum Gasteiger partial charge on any atom is -0.356 e. The fraction of sp³-hybridized carbons (Fsp3) is 0.200. The molecule has 0 unspecified atom stereocenters. The summed E-state index contributed by atoms with van der Waals surface area (Å²) < 4.78 is 0.481. The van der Waals surface area contributed by atoms with Gasteiger partial charge in [-0.3, -0.25) is 14.5 Å². The van der Waals surface area contributed by atoms with Crippen LogP contribution in [-0.4, -0.2) is 44.1 Å². The SMILES string of the molecule is O=C(CCN1C(=O)C(=CC=Cc2ccccc2)SC1=S)NCCc1cnc[nH]1. The highest BCUT2D eigenvalue weighted by atomic mass is 32.2. The molecule has 0 aliphatic carbocycles. The van der Waals surface area contributed by atoms with Gasteiger partial charge in [0.2, 0.25) is 5.91 Å². The summed E-state index contributed by atoms with van der Waals surface area (Å²) in [5.41, 5.74) is 2.02. The highest BCUT2D eigenvalue weighted by Gasteiger charge is 2.31. The van der Waals surface area contributed by atoms with E-state index in [1.807, 2.05) is 42.5 Å². The summed E-state index contributed by atoms with van der Waals surface area (Å²) in [6, 6.07) is 9.84. The van der Waals surface area contributed by atoms with Crippen LogP contribution < -0.4 is 5.32 Å². The van der Waals surface area contributed by atoms with E-state index in [0.717, 1.165) is 11.3 Å². The Morgan fingerprint density at radius 1 is 1.32 bits per heavy atom. The number of hydrogen-bond acceptors (Lipinski definition) is 5. The van der Waals surface area contributed by atoms with Crippen molar-refractivity contribution in [1.82, 2.24) is 20.2 Å². The summed E-state index contributed by atoms with van der Waals surface area (Å²) in [5, 5.41) is 2.84. The molecule has 1 aliphatic heterocycles. The molecule has 2 heterocycles. The number of thiocarbonyl (C=S) groups is 1. The molecule has 2 amide bonds. The second kappa shape index (κ2) is 10.0. The monoisotopic (exact) mass is 412 g/mol. The van der Waals surface area contributed by atoms with E-state index in [4.69, 9.17) is 12.2 Å². The standard InChI is InChI=1S/C20H20N4O2S2/c25-18(22-11-9-16-13-21-14-23-16)10-12-24-19(26)17(28-20(24)27)8-4-7-15-5-2-1-3-6-15/h1-8,13-14H,9-12H2,(H,21,23)(H,22,25). The molecule has 1 aromatic heterocycles. The maximum Gasteiger partial charge on any atom is 0.266 e. The van der Waals surface area contributed by atoms with Crippen molar-refractivity contribution in [2.45, 2.75) is 12.8 Å². The Kier molecular flexibility index (Phi) is 7.16. The number of hydrogen-bond donors (Lipinski definition) is 2. The first-order valence-electron chi connectivity index (χ1n) is 8.84. The molecule has 0 atom stereocenters. The molecule has 28 heavy (non-hydrogen) atoms. The first-order chi connectivity index (χ1) is 13.6. The molecule has 8 heteroatoms. The molecule has 144 valence electrons. The van der Waals surface area contributed by atoms with E-state index in [1.54, 1.807) is 18.6 Å². The first kappa shape index (κ1) is 20.0. The van der Waals surface area contributed by atoms with Gasteiger partial charge in [0.1, 0.15) is 4.32 Å². The third-order valence-corrected chi connectivity index (χ3v) is 5.44. The molecule has 0 bridgehead atoms. The lowest BCUT2D eigenvalue weighted by Crippen LogP contribution is -2.34. The van der Waals surface area contributed by atoms with Gasteiger partial charge < -0.3 is 10.3 Å². The zero-order valence-electron chi connectivity index (χ0n) is 15.1. The van der Waals surface area contributed by atoms with Crippen LogP contribution in [0.1, 0.15) is 17.7 Å². The maximum atomic E-state index is 12.5. The predicted molar refractivity (Wildman–Crippen MR) is 115 cm³/mol. The van der Waals surface area contributed by atoms with Crippen LogP contribution in [0, 0.1) is 0 Å². The number of thioether (sulfide) groups is 1. The van der Waals surface area contributed by atoms with Gasteiger partial charge in [-0.05, 0) is 11.6 Å². The summed E-state index contributed by atoms with van der Waals surface area (Å²) in [6.45, 7) is 0.796. The summed E-state index contributed by atoms with van der Waals surface area (Å²) >= 11 is 6.55. The van der Waals surface area contributed by atoms with Crippen molar-refractivity contribution in [3.8, 4) is 0 Å². The normalized spacial score (nSPS) is 15.7. The second-order valence-corrected chi connectivity index (χ2v) is 7.73. The predicted octanol–water partition coefficient (Wildman–Crippen LogP) is 2.92. The summed E-state index contributed by atoms with van der Waals surface area (Å²) in [4.78, 5) is 33.5. The molecule has 1 saturated heterocycles. The summed E-state index contributed by atoms with van der Waals surface area (Å²) in [5.74, 6) is -0.264. The average molecular weight is 413 g/mol.